The molecule has 2 aromatic rings. The number of aromatic nitrogens is 2. The molecule has 0 unspecified atom stereocenters. The Morgan fingerprint density at radius 2 is 1.85 bits per heavy atom. The summed E-state index contributed by atoms with van der Waals surface area (Å²) in [5, 5.41) is 0.732. The van der Waals surface area contributed by atoms with Gasteiger partial charge in [0, 0.05) is 11.1 Å². The summed E-state index contributed by atoms with van der Waals surface area (Å²) in [6, 6.07) is 6.73. The highest BCUT2D eigenvalue weighted by Crippen LogP contribution is 2.24. The summed E-state index contributed by atoms with van der Waals surface area (Å²) in [4.78, 5) is 27.5. The largest absolute Gasteiger partial charge is 0.295 e. The van der Waals surface area contributed by atoms with Gasteiger partial charge in [-0.25, -0.2) is 4.98 Å². The van der Waals surface area contributed by atoms with Crippen molar-refractivity contribution in [1.82, 2.24) is 9.36 Å². The number of hydrogen-bond acceptors (Lipinski definition) is 7. The Balaban J connectivity index is 1.96. The fourth-order valence-electron chi connectivity index (χ4n) is 1.44. The topological polar surface area (TPSA) is 59.9 Å². The summed E-state index contributed by atoms with van der Waals surface area (Å²) >= 11 is 4.17. The smallest absolute Gasteiger partial charge is 0.200 e. The molecule has 0 N–H and O–H groups in total. The Hall–Kier alpha value is -1.18. The van der Waals surface area contributed by atoms with Crippen LogP contribution in [0.1, 0.15) is 27.6 Å². The molecule has 1 heterocycles. The van der Waals surface area contributed by atoms with E-state index in [1.165, 1.54) is 42.0 Å². The molecule has 0 fully saturated rings. The minimum absolute atomic E-state index is 0.00294. The molecule has 1 aromatic heterocycles. The van der Waals surface area contributed by atoms with Crippen LogP contribution in [0.5, 0.6) is 0 Å². The second-order valence-electron chi connectivity index (χ2n) is 3.89. The molecule has 0 saturated heterocycles. The second kappa shape index (κ2) is 7.01. The number of hydrogen-bond donors (Lipinski definition) is 0. The highest BCUT2D eigenvalue weighted by molar-refractivity contribution is 8.01. The van der Waals surface area contributed by atoms with Crippen molar-refractivity contribution in [3.63, 3.8) is 0 Å². The Morgan fingerprint density at radius 1 is 1.20 bits per heavy atom. The van der Waals surface area contributed by atoms with Crippen molar-refractivity contribution in [2.24, 2.45) is 0 Å². The first-order chi connectivity index (χ1) is 9.60. The molecule has 0 spiro atoms. The number of nitrogens with zero attached hydrogens (tertiary/aromatic N) is 2. The third-order valence-electron chi connectivity index (χ3n) is 2.51. The quantitative estimate of drug-likeness (QED) is 0.599. The second-order valence-corrected chi connectivity index (χ2v) is 6.64. The van der Waals surface area contributed by atoms with Crippen LogP contribution in [0.25, 0.3) is 0 Å². The molecule has 0 aliphatic heterocycles. The van der Waals surface area contributed by atoms with E-state index in [1.54, 1.807) is 24.3 Å². The van der Waals surface area contributed by atoms with Crippen LogP contribution in [0.2, 0.25) is 0 Å². The van der Waals surface area contributed by atoms with Gasteiger partial charge < -0.3 is 0 Å². The molecule has 20 heavy (non-hydrogen) atoms. The zero-order chi connectivity index (χ0) is 14.5. The summed E-state index contributed by atoms with van der Waals surface area (Å²) in [5.74, 6) is 0.338. The van der Waals surface area contributed by atoms with Gasteiger partial charge in [-0.05, 0) is 24.7 Å². The number of thioether (sulfide) groups is 2. The van der Waals surface area contributed by atoms with Gasteiger partial charge >= 0.3 is 0 Å². The van der Waals surface area contributed by atoms with Crippen LogP contribution in [0.15, 0.2) is 33.8 Å². The lowest BCUT2D eigenvalue weighted by Crippen LogP contribution is -2.03. The highest BCUT2D eigenvalue weighted by Gasteiger charge is 2.10. The number of carbonyl (C=O) groups excluding carboxylic acids is 2. The molecular formula is C13H12N2O2S3. The van der Waals surface area contributed by atoms with E-state index in [4.69, 9.17) is 0 Å². The van der Waals surface area contributed by atoms with E-state index >= 15 is 0 Å². The van der Waals surface area contributed by atoms with Crippen LogP contribution in [0, 0.1) is 0 Å². The molecule has 0 amide bonds. The van der Waals surface area contributed by atoms with Gasteiger partial charge in [0.1, 0.15) is 0 Å². The molecule has 0 saturated carbocycles. The summed E-state index contributed by atoms with van der Waals surface area (Å²) < 4.78 is 4.93. The van der Waals surface area contributed by atoms with Crippen LogP contribution in [-0.4, -0.2) is 32.9 Å². The maximum Gasteiger partial charge on any atom is 0.200 e. The van der Waals surface area contributed by atoms with Crippen LogP contribution in [0.3, 0.4) is 0 Å². The minimum atomic E-state index is -0.00294. The third kappa shape index (κ3) is 3.91. The lowest BCUT2D eigenvalue weighted by Gasteiger charge is -2.00. The number of ketones is 2. The van der Waals surface area contributed by atoms with Crippen LogP contribution in [0.4, 0.5) is 0 Å². The van der Waals surface area contributed by atoms with Crippen molar-refractivity contribution in [1.29, 1.82) is 0 Å². The van der Waals surface area contributed by atoms with Gasteiger partial charge in [-0.15, -0.1) is 0 Å². The van der Waals surface area contributed by atoms with E-state index in [1.807, 2.05) is 6.26 Å². The van der Waals surface area contributed by atoms with E-state index in [9.17, 15) is 9.59 Å². The molecule has 0 aliphatic carbocycles. The normalized spacial score (nSPS) is 10.5. The van der Waals surface area contributed by atoms with Crippen molar-refractivity contribution in [2.75, 3.05) is 12.0 Å². The Kier molecular flexibility index (Phi) is 5.33. The summed E-state index contributed by atoms with van der Waals surface area (Å²) in [5.41, 5.74) is 1.22. The maximum atomic E-state index is 12.0. The first-order valence-corrected chi connectivity index (χ1v) is 8.73. The molecule has 0 bridgehead atoms. The monoisotopic (exact) mass is 324 g/mol. The number of carbonyl (C=O) groups is 2. The zero-order valence-corrected chi connectivity index (χ0v) is 13.4. The summed E-state index contributed by atoms with van der Waals surface area (Å²) in [6.45, 7) is 1.51. The van der Waals surface area contributed by atoms with Crippen LogP contribution in [-0.2, 0) is 0 Å². The molecule has 2 rings (SSSR count). The molecule has 0 aliphatic rings. The van der Waals surface area contributed by atoms with E-state index in [2.05, 4.69) is 9.36 Å². The van der Waals surface area contributed by atoms with Crippen molar-refractivity contribution in [2.45, 2.75) is 16.4 Å². The first kappa shape index (κ1) is 15.2. The summed E-state index contributed by atoms with van der Waals surface area (Å²) in [7, 11) is 0. The van der Waals surface area contributed by atoms with Gasteiger partial charge in [0.05, 0.1) is 5.75 Å². The maximum absolute atomic E-state index is 12.0. The van der Waals surface area contributed by atoms with Crippen molar-refractivity contribution < 1.29 is 9.59 Å². The summed E-state index contributed by atoms with van der Waals surface area (Å²) in [6.07, 6.45) is 1.91. The minimum Gasteiger partial charge on any atom is -0.295 e. The Morgan fingerprint density at radius 3 is 2.40 bits per heavy atom. The first-order valence-electron chi connectivity index (χ1n) is 5.75. The highest BCUT2D eigenvalue weighted by atomic mass is 32.2. The molecule has 0 radical (unpaired) electrons. The number of benzene rings is 1. The van der Waals surface area contributed by atoms with Gasteiger partial charge in [-0.3, -0.25) is 9.59 Å². The van der Waals surface area contributed by atoms with Gasteiger partial charge in [-0.2, -0.15) is 4.37 Å². The fourth-order valence-corrected chi connectivity index (χ4v) is 3.54. The standard InChI is InChI=1S/C13H12N2O2S3/c1-8(16)9-3-5-10(6-4-9)11(17)7-19-13-14-12(18-2)15-20-13/h3-6H,7H2,1-2H3. The third-order valence-corrected chi connectivity index (χ3v) is 5.01. The van der Waals surface area contributed by atoms with Gasteiger partial charge in [0.25, 0.3) is 0 Å². The molecule has 104 valence electrons. The van der Waals surface area contributed by atoms with Gasteiger partial charge in [-0.1, -0.05) is 47.8 Å². The van der Waals surface area contributed by atoms with E-state index in [-0.39, 0.29) is 11.6 Å². The van der Waals surface area contributed by atoms with Crippen molar-refractivity contribution in [3.05, 3.63) is 35.4 Å². The Bertz CT molecular complexity index is 623. The van der Waals surface area contributed by atoms with Crippen LogP contribution < -0.4 is 0 Å². The zero-order valence-electron chi connectivity index (χ0n) is 11.0. The lowest BCUT2D eigenvalue weighted by molar-refractivity contribution is 0.100. The molecule has 4 nitrogen and oxygen atoms in total. The van der Waals surface area contributed by atoms with Gasteiger partial charge in [0.2, 0.25) is 5.16 Å². The van der Waals surface area contributed by atoms with Gasteiger partial charge in [0.15, 0.2) is 15.9 Å². The Labute approximate surface area is 129 Å². The van der Waals surface area contributed by atoms with Crippen LogP contribution >= 0.6 is 35.1 Å². The molecule has 1 aromatic carbocycles. The average Bonchev–Trinajstić information content (AvgIpc) is 2.93. The number of Topliss-reactive ketones (excluding diaryl/α,β-unsaturated/α-hetero) is 2. The molecular weight excluding hydrogens is 312 g/mol. The van der Waals surface area contributed by atoms with E-state index < -0.39 is 0 Å². The van der Waals surface area contributed by atoms with E-state index in [0.717, 1.165) is 9.50 Å². The lowest BCUT2D eigenvalue weighted by atomic mass is 10.1. The predicted octanol–water partition coefficient (Wildman–Crippen LogP) is 3.44. The van der Waals surface area contributed by atoms with E-state index in [0.29, 0.717) is 16.9 Å². The number of rotatable bonds is 6. The average molecular weight is 324 g/mol. The molecule has 7 heteroatoms. The SMILES string of the molecule is CSc1nsc(SCC(=O)c2ccc(C(C)=O)cc2)n1. The van der Waals surface area contributed by atoms with Crippen molar-refractivity contribution >= 4 is 46.6 Å². The van der Waals surface area contributed by atoms with Crippen molar-refractivity contribution in [3.8, 4) is 0 Å². The predicted molar refractivity (Wildman–Crippen MR) is 83.2 cm³/mol. The molecule has 0 atom stereocenters. The fraction of sp³-hybridized carbons (Fsp3) is 0.231.